The summed E-state index contributed by atoms with van der Waals surface area (Å²) in [6.45, 7) is 1.58. The minimum atomic E-state index is -0.288. The Balaban J connectivity index is 1.56. The maximum atomic E-state index is 12.6. The number of carbonyl (C=O) groups excluding carboxylic acids is 2. The molecule has 0 unspecified atom stereocenters. The number of nitrogens with one attached hydrogen (secondary N) is 1. The van der Waals surface area contributed by atoms with Gasteiger partial charge in [0.25, 0.3) is 0 Å². The summed E-state index contributed by atoms with van der Waals surface area (Å²) in [4.78, 5) is 30.7. The molecule has 3 rings (SSSR count). The van der Waals surface area contributed by atoms with E-state index in [1.165, 1.54) is 0 Å². The number of rotatable bonds is 7. The maximum Gasteiger partial charge on any atom is 0.242 e. The van der Waals surface area contributed by atoms with Crippen molar-refractivity contribution < 1.29 is 19.4 Å². The number of aliphatic hydroxyl groups excluding tert-OH is 1. The highest BCUT2D eigenvalue weighted by molar-refractivity contribution is 5.91. The minimum absolute atomic E-state index is 0.0533. The summed E-state index contributed by atoms with van der Waals surface area (Å²) in [6, 6.07) is 7.07. The van der Waals surface area contributed by atoms with Crippen molar-refractivity contribution in [1.82, 2.24) is 14.5 Å². The van der Waals surface area contributed by atoms with E-state index in [9.17, 15) is 9.59 Å². The van der Waals surface area contributed by atoms with E-state index in [-0.39, 0.29) is 37.4 Å². The second kappa shape index (κ2) is 9.29. The Morgan fingerprint density at radius 1 is 1.30 bits per heavy atom. The van der Waals surface area contributed by atoms with Crippen LogP contribution in [0.1, 0.15) is 12.0 Å². The maximum absolute atomic E-state index is 12.6. The van der Waals surface area contributed by atoms with Crippen LogP contribution < -0.4 is 5.32 Å². The quantitative estimate of drug-likeness (QED) is 0.745. The van der Waals surface area contributed by atoms with Crippen molar-refractivity contribution in [2.45, 2.75) is 25.4 Å². The van der Waals surface area contributed by atoms with Crippen molar-refractivity contribution in [3.63, 3.8) is 0 Å². The van der Waals surface area contributed by atoms with E-state index in [1.807, 2.05) is 24.3 Å². The van der Waals surface area contributed by atoms with Gasteiger partial charge in [0.2, 0.25) is 11.8 Å². The molecule has 1 fully saturated rings. The number of anilines is 1. The zero-order chi connectivity index (χ0) is 19.1. The van der Waals surface area contributed by atoms with E-state index < -0.39 is 0 Å². The van der Waals surface area contributed by atoms with Gasteiger partial charge in [-0.25, -0.2) is 4.98 Å². The summed E-state index contributed by atoms with van der Waals surface area (Å²) in [7, 11) is 0. The number of benzene rings is 1. The normalized spacial score (nSPS) is 16.9. The van der Waals surface area contributed by atoms with Gasteiger partial charge in [-0.1, -0.05) is 12.1 Å². The summed E-state index contributed by atoms with van der Waals surface area (Å²) < 4.78 is 7.19. The topological polar surface area (TPSA) is 96.7 Å². The monoisotopic (exact) mass is 372 g/mol. The van der Waals surface area contributed by atoms with Crippen molar-refractivity contribution in [3.05, 3.63) is 48.5 Å². The number of hydrogen-bond donors (Lipinski definition) is 2. The van der Waals surface area contributed by atoms with Gasteiger partial charge in [0.15, 0.2) is 0 Å². The summed E-state index contributed by atoms with van der Waals surface area (Å²) in [5.74, 6) is -0.219. The lowest BCUT2D eigenvalue weighted by Crippen LogP contribution is -2.50. The van der Waals surface area contributed by atoms with Crippen LogP contribution in [0, 0.1) is 0 Å². The van der Waals surface area contributed by atoms with Crippen molar-refractivity contribution in [2.75, 3.05) is 31.7 Å². The SMILES string of the molecule is O=C(C[C@H]1COCCN1C(=O)Cn1ccnc1)Nc1ccc(CCO)cc1. The highest BCUT2D eigenvalue weighted by Gasteiger charge is 2.29. The highest BCUT2D eigenvalue weighted by atomic mass is 16.5. The molecule has 2 N–H and O–H groups in total. The molecule has 2 amide bonds. The molecule has 8 nitrogen and oxygen atoms in total. The second-order valence-electron chi connectivity index (χ2n) is 6.47. The molecule has 1 aliphatic rings. The van der Waals surface area contributed by atoms with Crippen LogP contribution in [0.5, 0.6) is 0 Å². The van der Waals surface area contributed by atoms with Crippen LogP contribution in [0.3, 0.4) is 0 Å². The standard InChI is InChI=1S/C19H24N4O4/c24-9-5-15-1-3-16(4-2-15)21-18(25)11-17-13-27-10-8-23(17)19(26)12-22-7-6-20-14-22/h1-4,6-7,14,17,24H,5,8-13H2,(H,21,25)/t17-/m0/s1. The van der Waals surface area contributed by atoms with Gasteiger partial charge in [-0.2, -0.15) is 0 Å². The first-order chi connectivity index (χ1) is 13.2. The second-order valence-corrected chi connectivity index (χ2v) is 6.47. The average molecular weight is 372 g/mol. The fourth-order valence-electron chi connectivity index (χ4n) is 3.09. The van der Waals surface area contributed by atoms with Crippen LogP contribution in [-0.4, -0.2) is 63.8 Å². The van der Waals surface area contributed by atoms with Crippen LogP contribution >= 0.6 is 0 Å². The Hall–Kier alpha value is -2.71. The first-order valence-corrected chi connectivity index (χ1v) is 8.98. The predicted molar refractivity (Wildman–Crippen MR) is 99.0 cm³/mol. The number of hydrogen-bond acceptors (Lipinski definition) is 5. The van der Waals surface area contributed by atoms with Crippen molar-refractivity contribution in [1.29, 1.82) is 0 Å². The number of amides is 2. The fraction of sp³-hybridized carbons (Fsp3) is 0.421. The zero-order valence-corrected chi connectivity index (χ0v) is 15.1. The largest absolute Gasteiger partial charge is 0.396 e. The lowest BCUT2D eigenvalue weighted by atomic mass is 10.1. The predicted octanol–water partition coefficient (Wildman–Crippen LogP) is 0.674. The number of aromatic nitrogens is 2. The smallest absolute Gasteiger partial charge is 0.242 e. The number of carbonyl (C=O) groups is 2. The third-order valence-corrected chi connectivity index (χ3v) is 4.48. The average Bonchev–Trinajstić information content (AvgIpc) is 3.17. The Morgan fingerprint density at radius 3 is 2.81 bits per heavy atom. The zero-order valence-electron chi connectivity index (χ0n) is 15.1. The Bertz CT molecular complexity index is 746. The number of morpholine rings is 1. The molecule has 1 atom stereocenters. The van der Waals surface area contributed by atoms with E-state index in [2.05, 4.69) is 10.3 Å². The van der Waals surface area contributed by atoms with Gasteiger partial charge in [-0.05, 0) is 24.1 Å². The van der Waals surface area contributed by atoms with Crippen LogP contribution in [0.15, 0.2) is 43.0 Å². The van der Waals surface area contributed by atoms with E-state index in [1.54, 1.807) is 28.2 Å². The molecule has 1 aromatic carbocycles. The molecule has 144 valence electrons. The lowest BCUT2D eigenvalue weighted by Gasteiger charge is -2.35. The highest BCUT2D eigenvalue weighted by Crippen LogP contribution is 2.15. The van der Waals surface area contributed by atoms with Crippen LogP contribution in [0.25, 0.3) is 0 Å². The van der Waals surface area contributed by atoms with Crippen molar-refractivity contribution in [3.8, 4) is 0 Å². The summed E-state index contributed by atoms with van der Waals surface area (Å²) >= 11 is 0. The molecule has 1 aromatic heterocycles. The molecule has 0 bridgehead atoms. The van der Waals surface area contributed by atoms with E-state index in [0.717, 1.165) is 5.56 Å². The molecule has 27 heavy (non-hydrogen) atoms. The van der Waals surface area contributed by atoms with Crippen LogP contribution in [0.2, 0.25) is 0 Å². The fourth-order valence-corrected chi connectivity index (χ4v) is 3.09. The number of aliphatic hydroxyl groups is 1. The van der Waals surface area contributed by atoms with Gasteiger partial charge in [0.05, 0.1) is 25.6 Å². The van der Waals surface area contributed by atoms with Gasteiger partial charge in [0, 0.05) is 37.7 Å². The molecule has 0 spiro atoms. The van der Waals surface area contributed by atoms with Crippen molar-refractivity contribution in [2.24, 2.45) is 0 Å². The molecular formula is C19H24N4O4. The first kappa shape index (κ1) is 19.1. The third kappa shape index (κ3) is 5.38. The summed E-state index contributed by atoms with van der Waals surface area (Å²) in [5, 5.41) is 11.8. The first-order valence-electron chi connectivity index (χ1n) is 8.98. The number of imidazole rings is 1. The summed E-state index contributed by atoms with van der Waals surface area (Å²) in [6.07, 6.45) is 5.72. The van der Waals surface area contributed by atoms with Gasteiger partial charge >= 0.3 is 0 Å². The molecular weight excluding hydrogens is 348 g/mol. The van der Waals surface area contributed by atoms with Gasteiger partial charge in [0.1, 0.15) is 6.54 Å². The minimum Gasteiger partial charge on any atom is -0.396 e. The number of ether oxygens (including phenoxy) is 1. The molecule has 2 aromatic rings. The van der Waals surface area contributed by atoms with Crippen molar-refractivity contribution >= 4 is 17.5 Å². The van der Waals surface area contributed by atoms with Gasteiger partial charge in [-0.3, -0.25) is 9.59 Å². The van der Waals surface area contributed by atoms with E-state index >= 15 is 0 Å². The molecule has 1 aliphatic heterocycles. The van der Waals surface area contributed by atoms with Gasteiger partial charge < -0.3 is 24.6 Å². The lowest BCUT2D eigenvalue weighted by molar-refractivity contribution is -0.141. The Labute approximate surface area is 157 Å². The molecule has 2 heterocycles. The summed E-state index contributed by atoms with van der Waals surface area (Å²) in [5.41, 5.74) is 1.70. The molecule has 8 heteroatoms. The number of nitrogens with zero attached hydrogens (tertiary/aromatic N) is 3. The molecule has 0 radical (unpaired) electrons. The van der Waals surface area contributed by atoms with Crippen LogP contribution in [-0.2, 0) is 27.3 Å². The Kier molecular flexibility index (Phi) is 6.56. The molecule has 0 aliphatic carbocycles. The van der Waals surface area contributed by atoms with E-state index in [0.29, 0.717) is 31.9 Å². The van der Waals surface area contributed by atoms with E-state index in [4.69, 9.17) is 9.84 Å². The van der Waals surface area contributed by atoms with Gasteiger partial charge in [-0.15, -0.1) is 0 Å². The molecule has 1 saturated heterocycles. The Morgan fingerprint density at radius 2 is 2.11 bits per heavy atom. The van der Waals surface area contributed by atoms with Crippen LogP contribution in [0.4, 0.5) is 5.69 Å². The molecule has 0 saturated carbocycles. The third-order valence-electron chi connectivity index (χ3n) is 4.48.